The van der Waals surface area contributed by atoms with Crippen LogP contribution in [-0.4, -0.2) is 28.0 Å². The average molecular weight is 249 g/mol. The van der Waals surface area contributed by atoms with Gasteiger partial charge < -0.3 is 10.7 Å². The van der Waals surface area contributed by atoms with Crippen molar-refractivity contribution in [3.8, 4) is 0 Å². The Bertz CT molecular complexity index is 520. The number of H-pyrrole nitrogens is 1. The number of rotatable bonds is 4. The van der Waals surface area contributed by atoms with Crippen LogP contribution in [0.1, 0.15) is 19.8 Å². The van der Waals surface area contributed by atoms with Gasteiger partial charge in [0, 0.05) is 0 Å². The van der Waals surface area contributed by atoms with Crippen LogP contribution in [0.5, 0.6) is 0 Å². The lowest BCUT2D eigenvalue weighted by Gasteiger charge is -2.20. The van der Waals surface area contributed by atoms with Crippen molar-refractivity contribution in [1.82, 2.24) is 19.9 Å². The number of anilines is 1. The highest BCUT2D eigenvalue weighted by atomic mass is 28.3. The molecule has 0 aliphatic carbocycles. The van der Waals surface area contributed by atoms with Gasteiger partial charge in [0.1, 0.15) is 19.0 Å². The van der Waals surface area contributed by atoms with Crippen LogP contribution >= 0.6 is 0 Å². The first-order chi connectivity index (χ1) is 8.04. The van der Waals surface area contributed by atoms with E-state index in [1.807, 2.05) is 0 Å². The summed E-state index contributed by atoms with van der Waals surface area (Å²) in [5.41, 5.74) is 8.28. The van der Waals surface area contributed by atoms with Crippen molar-refractivity contribution < 1.29 is 0 Å². The predicted octanol–water partition coefficient (Wildman–Crippen LogP) is 1.65. The quantitative estimate of drug-likeness (QED) is 0.807. The molecule has 2 heterocycles. The highest BCUT2D eigenvalue weighted by molar-refractivity contribution is 6.88. The molecular formula is C11H19N5Si. The second kappa shape index (κ2) is 4.44. The molecule has 0 radical (unpaired) electrons. The Morgan fingerprint density at radius 2 is 2.12 bits per heavy atom. The Morgan fingerprint density at radius 3 is 2.82 bits per heavy atom. The molecule has 0 aliphatic heterocycles. The van der Waals surface area contributed by atoms with Crippen LogP contribution in [0.3, 0.4) is 0 Å². The Balaban J connectivity index is 2.40. The summed E-state index contributed by atoms with van der Waals surface area (Å²) in [5.74, 6) is 0.513. The second-order valence-electron chi connectivity index (χ2n) is 5.02. The Labute approximate surface area is 102 Å². The lowest BCUT2D eigenvalue weighted by molar-refractivity contribution is 0.869. The molecule has 0 aliphatic rings. The maximum Gasteiger partial charge on any atom is 0.182 e. The number of hydrogen-bond acceptors (Lipinski definition) is 4. The molecule has 5 nitrogen and oxygen atoms in total. The van der Waals surface area contributed by atoms with Crippen LogP contribution in [-0.2, 0) is 0 Å². The SMILES string of the molecule is CCCC[Si](C)(C)c1nc(N)c2[nH]cnc2n1. The van der Waals surface area contributed by atoms with E-state index in [4.69, 9.17) is 5.73 Å². The first-order valence-electron chi connectivity index (χ1n) is 6.01. The van der Waals surface area contributed by atoms with E-state index >= 15 is 0 Å². The third-order valence-corrected chi connectivity index (χ3v) is 6.11. The Kier molecular flexibility index (Phi) is 3.15. The summed E-state index contributed by atoms with van der Waals surface area (Å²) >= 11 is 0. The summed E-state index contributed by atoms with van der Waals surface area (Å²) in [6.45, 7) is 6.78. The number of nitrogens with zero attached hydrogens (tertiary/aromatic N) is 3. The van der Waals surface area contributed by atoms with E-state index in [2.05, 4.69) is 40.0 Å². The van der Waals surface area contributed by atoms with Crippen LogP contribution in [0.2, 0.25) is 19.1 Å². The fourth-order valence-corrected chi connectivity index (χ4v) is 4.18. The van der Waals surface area contributed by atoms with E-state index < -0.39 is 8.07 Å². The molecule has 2 aromatic rings. The molecule has 2 aromatic heterocycles. The molecule has 2 rings (SSSR count). The van der Waals surface area contributed by atoms with E-state index in [0.29, 0.717) is 11.5 Å². The lowest BCUT2D eigenvalue weighted by atomic mass is 10.4. The van der Waals surface area contributed by atoms with Crippen molar-refractivity contribution in [2.75, 3.05) is 5.73 Å². The fraction of sp³-hybridized carbons (Fsp3) is 0.545. The molecule has 0 saturated heterocycles. The number of aromatic nitrogens is 4. The normalized spacial score (nSPS) is 12.2. The standard InChI is InChI=1S/C11H19N5Si/c1-4-5-6-17(2,3)11-15-9(12)8-10(16-11)14-7-13-8/h7H,4-6H2,1-3H3,(H3,12,13,14,15,16). The van der Waals surface area contributed by atoms with E-state index in [1.54, 1.807) is 6.33 Å². The summed E-state index contributed by atoms with van der Waals surface area (Å²) in [6.07, 6.45) is 4.04. The number of nitrogens with two attached hydrogens (primary N) is 1. The zero-order chi connectivity index (χ0) is 12.5. The number of hydrogen-bond donors (Lipinski definition) is 2. The Hall–Kier alpha value is -1.43. The van der Waals surface area contributed by atoms with Crippen molar-refractivity contribution in [2.45, 2.75) is 38.9 Å². The predicted molar refractivity (Wildman–Crippen MR) is 72.9 cm³/mol. The molecule has 0 amide bonds. The van der Waals surface area contributed by atoms with E-state index in [9.17, 15) is 0 Å². The van der Waals surface area contributed by atoms with Gasteiger partial charge in [0.2, 0.25) is 0 Å². The van der Waals surface area contributed by atoms with Gasteiger partial charge in [0.05, 0.1) is 6.33 Å². The summed E-state index contributed by atoms with van der Waals surface area (Å²) in [7, 11) is -1.58. The van der Waals surface area contributed by atoms with E-state index in [0.717, 1.165) is 11.0 Å². The van der Waals surface area contributed by atoms with Crippen LogP contribution in [0.4, 0.5) is 5.82 Å². The monoisotopic (exact) mass is 249 g/mol. The van der Waals surface area contributed by atoms with Gasteiger partial charge in [-0.3, -0.25) is 0 Å². The highest BCUT2D eigenvalue weighted by Crippen LogP contribution is 2.16. The molecule has 0 bridgehead atoms. The van der Waals surface area contributed by atoms with Gasteiger partial charge in [0.15, 0.2) is 11.5 Å². The van der Waals surface area contributed by atoms with Gasteiger partial charge in [-0.05, 0) is 0 Å². The minimum atomic E-state index is -1.58. The number of imidazole rings is 1. The summed E-state index contributed by atoms with van der Waals surface area (Å²) < 4.78 is 0. The largest absolute Gasteiger partial charge is 0.382 e. The smallest absolute Gasteiger partial charge is 0.182 e. The average Bonchev–Trinajstić information content (AvgIpc) is 2.75. The van der Waals surface area contributed by atoms with Crippen LogP contribution in [0, 0.1) is 0 Å². The van der Waals surface area contributed by atoms with Crippen molar-refractivity contribution >= 4 is 30.5 Å². The van der Waals surface area contributed by atoms with Gasteiger partial charge in [-0.1, -0.05) is 38.9 Å². The fourth-order valence-electron chi connectivity index (χ4n) is 1.89. The number of nitrogens with one attached hydrogen (secondary N) is 1. The van der Waals surface area contributed by atoms with Crippen molar-refractivity contribution in [1.29, 1.82) is 0 Å². The molecule has 0 unspecified atom stereocenters. The molecule has 0 aromatic carbocycles. The van der Waals surface area contributed by atoms with Crippen molar-refractivity contribution in [3.05, 3.63) is 6.33 Å². The second-order valence-corrected chi connectivity index (χ2v) is 9.74. The Morgan fingerprint density at radius 1 is 1.35 bits per heavy atom. The van der Waals surface area contributed by atoms with Gasteiger partial charge in [-0.15, -0.1) is 0 Å². The molecule has 0 fully saturated rings. The third-order valence-electron chi connectivity index (χ3n) is 3.07. The zero-order valence-corrected chi connectivity index (χ0v) is 11.6. The zero-order valence-electron chi connectivity index (χ0n) is 10.6. The first-order valence-corrected chi connectivity index (χ1v) is 9.22. The maximum atomic E-state index is 5.93. The number of fused-ring (bicyclic) bond motifs is 1. The van der Waals surface area contributed by atoms with Crippen LogP contribution < -0.4 is 11.2 Å². The molecular weight excluding hydrogens is 230 g/mol. The number of aromatic amines is 1. The van der Waals surface area contributed by atoms with E-state index in [-0.39, 0.29) is 0 Å². The molecule has 0 saturated carbocycles. The molecule has 3 N–H and O–H groups in total. The number of unbranched alkanes of at least 4 members (excludes halogenated alkanes) is 1. The summed E-state index contributed by atoms with van der Waals surface area (Å²) in [5, 5.41) is 0. The van der Waals surface area contributed by atoms with Crippen LogP contribution in [0.15, 0.2) is 6.33 Å². The van der Waals surface area contributed by atoms with Crippen molar-refractivity contribution in [3.63, 3.8) is 0 Å². The third kappa shape index (κ3) is 2.31. The topological polar surface area (TPSA) is 80.5 Å². The molecule has 0 spiro atoms. The van der Waals surface area contributed by atoms with Crippen LogP contribution in [0.25, 0.3) is 11.2 Å². The summed E-state index contributed by atoms with van der Waals surface area (Å²) in [6, 6.07) is 1.19. The molecule has 92 valence electrons. The maximum absolute atomic E-state index is 5.93. The molecule has 0 atom stereocenters. The highest BCUT2D eigenvalue weighted by Gasteiger charge is 2.27. The van der Waals surface area contributed by atoms with Gasteiger partial charge in [-0.2, -0.15) is 0 Å². The minimum absolute atomic E-state index is 0.513. The minimum Gasteiger partial charge on any atom is -0.382 e. The molecule has 6 heteroatoms. The molecule has 17 heavy (non-hydrogen) atoms. The van der Waals surface area contributed by atoms with E-state index in [1.165, 1.54) is 18.9 Å². The van der Waals surface area contributed by atoms with Gasteiger partial charge >= 0.3 is 0 Å². The van der Waals surface area contributed by atoms with Gasteiger partial charge in [-0.25, -0.2) is 15.0 Å². The number of nitrogen functional groups attached to an aromatic ring is 1. The summed E-state index contributed by atoms with van der Waals surface area (Å²) in [4.78, 5) is 16.1. The van der Waals surface area contributed by atoms with Crippen molar-refractivity contribution in [2.24, 2.45) is 0 Å². The van der Waals surface area contributed by atoms with Gasteiger partial charge in [0.25, 0.3) is 0 Å². The lowest BCUT2D eigenvalue weighted by Crippen LogP contribution is -2.45. The first kappa shape index (κ1) is 12.0.